The predicted octanol–water partition coefficient (Wildman–Crippen LogP) is 0.269. The Morgan fingerprint density at radius 1 is 1.07 bits per heavy atom. The van der Waals surface area contributed by atoms with Gasteiger partial charge in [0.1, 0.15) is 20.4 Å². The minimum Gasteiger partial charge on any atom is -0.246 e. The maximum Gasteiger partial charge on any atom is 0.311 e. The molecule has 1 aromatic carbocycles. The normalized spacial score (nSPS) is 11.1. The Hall–Kier alpha value is -1.56. The van der Waals surface area contributed by atoms with Gasteiger partial charge in [-0.2, -0.15) is 14.7 Å². The molecule has 0 aliphatic rings. The van der Waals surface area contributed by atoms with Crippen molar-refractivity contribution < 1.29 is 14.9 Å². The van der Waals surface area contributed by atoms with Gasteiger partial charge in [-0.1, -0.05) is 12.1 Å². The van der Waals surface area contributed by atoms with E-state index < -0.39 is 0 Å². The smallest absolute Gasteiger partial charge is 0.246 e. The van der Waals surface area contributed by atoms with Crippen molar-refractivity contribution in [2.45, 2.75) is 0 Å². The highest BCUT2D eigenvalue weighted by atomic mass is 16.9. The van der Waals surface area contributed by atoms with Crippen LogP contribution in [0.2, 0.25) is 0 Å². The molecule has 1 aromatic heterocycles. The van der Waals surface area contributed by atoms with Gasteiger partial charge >= 0.3 is 5.82 Å². The van der Waals surface area contributed by atoms with E-state index in [1.54, 1.807) is 6.20 Å². The van der Waals surface area contributed by atoms with E-state index >= 15 is 0 Å². The summed E-state index contributed by atoms with van der Waals surface area (Å²) < 4.78 is 0. The maximum absolute atomic E-state index is 5.03. The summed E-state index contributed by atoms with van der Waals surface area (Å²) in [5, 5.41) is 0.369. The van der Waals surface area contributed by atoms with Crippen molar-refractivity contribution in [1.29, 1.82) is 0 Å². The molecule has 0 radical (unpaired) electrons. The molecule has 0 saturated carbocycles. The summed E-state index contributed by atoms with van der Waals surface area (Å²) in [5.74, 6) is 0.596. The number of para-hydroxylation sites is 2. The van der Waals surface area contributed by atoms with Gasteiger partial charge < -0.3 is 0 Å². The first kappa shape index (κ1) is 9.97. The molecular weight excluding hydrogens is 194 g/mol. The Bertz CT molecular complexity index is 457. The fourth-order valence-corrected chi connectivity index (χ4v) is 1.35. The highest BCUT2D eigenvalue weighted by Gasteiger charge is 2.14. The van der Waals surface area contributed by atoms with Crippen molar-refractivity contribution in [1.82, 2.24) is 9.97 Å². The Balaban J connectivity index is 2.46. The van der Waals surface area contributed by atoms with Gasteiger partial charge in [0.05, 0.1) is 11.0 Å². The zero-order valence-corrected chi connectivity index (χ0v) is 8.60. The van der Waals surface area contributed by atoms with Crippen LogP contribution in [0.5, 0.6) is 0 Å². The SMILES string of the molecule is CO[NH+](OC)c1cnc2ccccc2n1. The standard InChI is InChI=1S/C10H11N3O2/c1-14-13(15-2)10-7-11-8-5-3-4-6-9(8)12-10/h3-7H,1-2H3/p+1. The number of quaternary nitrogens is 1. The quantitative estimate of drug-likeness (QED) is 0.732. The topological polar surface area (TPSA) is 48.7 Å². The number of rotatable bonds is 3. The van der Waals surface area contributed by atoms with Crippen molar-refractivity contribution in [2.24, 2.45) is 0 Å². The molecule has 2 aromatic rings. The van der Waals surface area contributed by atoms with Crippen LogP contribution in [0.3, 0.4) is 0 Å². The molecule has 0 unspecified atom stereocenters. The molecule has 0 aliphatic heterocycles. The lowest BCUT2D eigenvalue weighted by Gasteiger charge is -2.08. The first-order valence-corrected chi connectivity index (χ1v) is 4.52. The maximum atomic E-state index is 5.03. The summed E-state index contributed by atoms with van der Waals surface area (Å²) in [5.41, 5.74) is 1.68. The molecule has 1 N–H and O–H groups in total. The van der Waals surface area contributed by atoms with Crippen LogP contribution in [0, 0.1) is 0 Å². The monoisotopic (exact) mass is 206 g/mol. The van der Waals surface area contributed by atoms with E-state index in [0.29, 0.717) is 11.0 Å². The fourth-order valence-electron chi connectivity index (χ4n) is 1.35. The zero-order valence-electron chi connectivity index (χ0n) is 8.60. The lowest BCUT2D eigenvalue weighted by Crippen LogP contribution is -3.04. The van der Waals surface area contributed by atoms with Gasteiger partial charge in [0.15, 0.2) is 0 Å². The predicted molar refractivity (Wildman–Crippen MR) is 54.2 cm³/mol. The molecule has 0 saturated heterocycles. The molecule has 0 fully saturated rings. The van der Waals surface area contributed by atoms with Crippen LogP contribution in [0.25, 0.3) is 11.0 Å². The van der Waals surface area contributed by atoms with Gasteiger partial charge in [0.2, 0.25) is 0 Å². The lowest BCUT2D eigenvalue weighted by atomic mass is 10.3. The van der Waals surface area contributed by atoms with E-state index in [0.717, 1.165) is 11.0 Å². The second-order valence-corrected chi connectivity index (χ2v) is 2.94. The summed E-state index contributed by atoms with van der Waals surface area (Å²) >= 11 is 0. The fraction of sp³-hybridized carbons (Fsp3) is 0.200. The second kappa shape index (κ2) is 4.31. The summed E-state index contributed by atoms with van der Waals surface area (Å²) in [6.45, 7) is 0. The minimum absolute atomic E-state index is 0.369. The lowest BCUT2D eigenvalue weighted by molar-refractivity contribution is -1.19. The van der Waals surface area contributed by atoms with Gasteiger partial charge in [-0.15, -0.1) is 0 Å². The number of nitrogens with zero attached hydrogens (tertiary/aromatic N) is 2. The van der Waals surface area contributed by atoms with Gasteiger partial charge in [0, 0.05) is 0 Å². The first-order valence-electron chi connectivity index (χ1n) is 4.52. The molecular formula is C10H12N3O2+. The largest absolute Gasteiger partial charge is 0.311 e. The van der Waals surface area contributed by atoms with Crippen molar-refractivity contribution in [2.75, 3.05) is 14.2 Å². The molecule has 0 spiro atoms. The molecule has 2 rings (SSSR count). The number of hydrogen-bond acceptors (Lipinski definition) is 4. The molecule has 15 heavy (non-hydrogen) atoms. The van der Waals surface area contributed by atoms with Gasteiger partial charge in [0.25, 0.3) is 0 Å². The van der Waals surface area contributed by atoms with Crippen LogP contribution >= 0.6 is 0 Å². The highest BCUT2D eigenvalue weighted by molar-refractivity contribution is 5.74. The molecule has 0 atom stereocenters. The van der Waals surface area contributed by atoms with Crippen LogP contribution in [0.4, 0.5) is 5.82 Å². The Morgan fingerprint density at radius 2 is 1.73 bits per heavy atom. The van der Waals surface area contributed by atoms with Crippen molar-refractivity contribution in [3.05, 3.63) is 30.5 Å². The molecule has 78 valence electrons. The van der Waals surface area contributed by atoms with Gasteiger partial charge in [-0.3, -0.25) is 0 Å². The van der Waals surface area contributed by atoms with Crippen molar-refractivity contribution in [3.8, 4) is 0 Å². The summed E-state index contributed by atoms with van der Waals surface area (Å²) in [4.78, 5) is 18.7. The van der Waals surface area contributed by atoms with Crippen LogP contribution in [-0.2, 0) is 9.68 Å². The van der Waals surface area contributed by atoms with E-state index in [1.165, 1.54) is 14.2 Å². The van der Waals surface area contributed by atoms with E-state index in [-0.39, 0.29) is 0 Å². The number of benzene rings is 1. The van der Waals surface area contributed by atoms with Crippen LogP contribution in [0.1, 0.15) is 0 Å². The Labute approximate surface area is 87.2 Å². The molecule has 0 amide bonds. The van der Waals surface area contributed by atoms with E-state index in [2.05, 4.69) is 9.97 Å². The molecule has 0 bridgehead atoms. The average molecular weight is 206 g/mol. The second-order valence-electron chi connectivity index (χ2n) is 2.94. The third-order valence-electron chi connectivity index (χ3n) is 2.03. The number of nitrogens with one attached hydrogen (secondary N) is 1. The van der Waals surface area contributed by atoms with Crippen LogP contribution in [-0.4, -0.2) is 24.2 Å². The van der Waals surface area contributed by atoms with Gasteiger partial charge in [-0.25, -0.2) is 4.98 Å². The molecule has 0 aliphatic carbocycles. The Kier molecular flexibility index (Phi) is 2.86. The number of hydrogen-bond donors (Lipinski definition) is 1. The zero-order chi connectivity index (χ0) is 10.7. The van der Waals surface area contributed by atoms with E-state index in [1.807, 2.05) is 24.3 Å². The van der Waals surface area contributed by atoms with Crippen molar-refractivity contribution in [3.63, 3.8) is 0 Å². The summed E-state index contributed by atoms with van der Waals surface area (Å²) in [7, 11) is 3.07. The summed E-state index contributed by atoms with van der Waals surface area (Å²) in [6, 6.07) is 7.65. The highest BCUT2D eigenvalue weighted by Crippen LogP contribution is 2.08. The van der Waals surface area contributed by atoms with Crippen LogP contribution < -0.4 is 5.23 Å². The third kappa shape index (κ3) is 1.94. The van der Waals surface area contributed by atoms with Gasteiger partial charge in [-0.05, 0) is 17.4 Å². The Morgan fingerprint density at radius 3 is 2.40 bits per heavy atom. The third-order valence-corrected chi connectivity index (χ3v) is 2.03. The molecule has 1 heterocycles. The summed E-state index contributed by atoms with van der Waals surface area (Å²) in [6.07, 6.45) is 1.63. The van der Waals surface area contributed by atoms with E-state index in [4.69, 9.17) is 9.68 Å². The van der Waals surface area contributed by atoms with Crippen LogP contribution in [0.15, 0.2) is 30.5 Å². The molecule has 5 heteroatoms. The van der Waals surface area contributed by atoms with E-state index in [9.17, 15) is 0 Å². The minimum atomic E-state index is 0.369. The number of fused-ring (bicyclic) bond motifs is 1. The average Bonchev–Trinajstić information content (AvgIpc) is 2.30. The van der Waals surface area contributed by atoms with Crippen molar-refractivity contribution >= 4 is 16.9 Å². The first-order chi connectivity index (χ1) is 7.35. The molecule has 5 nitrogen and oxygen atoms in total. The number of aromatic nitrogens is 2.